The van der Waals surface area contributed by atoms with Crippen LogP contribution in [0.4, 0.5) is 0 Å². The molecule has 0 saturated heterocycles. The lowest BCUT2D eigenvalue weighted by Crippen LogP contribution is -2.65. The number of tetrazole rings is 1. The third-order valence-electron chi connectivity index (χ3n) is 6.99. The van der Waals surface area contributed by atoms with Gasteiger partial charge in [-0.2, -0.15) is 9.90 Å². The monoisotopic (exact) mass is 367 g/mol. The molecule has 4 fully saturated rings. The van der Waals surface area contributed by atoms with Crippen molar-refractivity contribution in [2.75, 3.05) is 0 Å². The van der Waals surface area contributed by atoms with E-state index in [0.29, 0.717) is 0 Å². The van der Waals surface area contributed by atoms with Gasteiger partial charge < -0.3 is 5.32 Å². The summed E-state index contributed by atoms with van der Waals surface area (Å²) in [6.45, 7) is 9.48. The van der Waals surface area contributed by atoms with Gasteiger partial charge in [-0.3, -0.25) is 4.68 Å². The zero-order valence-electron chi connectivity index (χ0n) is 16.4. The summed E-state index contributed by atoms with van der Waals surface area (Å²) in [7, 11) is 0. The second-order valence-corrected chi connectivity index (χ2v) is 9.20. The first-order chi connectivity index (χ1) is 13.0. The highest BCUT2D eigenvalue weighted by Crippen LogP contribution is 2.60. The number of rotatable bonds is 6. The Morgan fingerprint density at radius 3 is 2.67 bits per heavy atom. The molecule has 0 spiro atoms. The van der Waals surface area contributed by atoms with Crippen molar-refractivity contribution in [2.24, 2.45) is 11.8 Å². The first-order valence-electron chi connectivity index (χ1n) is 10.2. The van der Waals surface area contributed by atoms with E-state index < -0.39 is 0 Å². The molecule has 2 aromatic rings. The lowest BCUT2D eigenvalue weighted by atomic mass is 9.50. The number of nitrogens with one attached hydrogen (secondary N) is 1. The van der Waals surface area contributed by atoms with E-state index in [1.54, 1.807) is 0 Å². The Labute approximate surface area is 160 Å². The van der Waals surface area contributed by atoms with Crippen LogP contribution in [0.2, 0.25) is 0 Å². The zero-order chi connectivity index (χ0) is 18.6. The molecule has 4 bridgehead atoms. The lowest BCUT2D eigenvalue weighted by Gasteiger charge is -2.61. The second-order valence-electron chi connectivity index (χ2n) is 9.20. The molecule has 2 heterocycles. The van der Waals surface area contributed by atoms with Gasteiger partial charge in [0, 0.05) is 23.8 Å². The summed E-state index contributed by atoms with van der Waals surface area (Å²) < 4.78 is 1.97. The quantitative estimate of drug-likeness (QED) is 0.794. The van der Waals surface area contributed by atoms with E-state index in [-0.39, 0.29) is 11.1 Å². The van der Waals surface area contributed by atoms with Gasteiger partial charge in [-0.25, -0.2) is 0 Å². The van der Waals surface area contributed by atoms with E-state index in [1.807, 2.05) is 22.5 Å². The van der Waals surface area contributed by atoms with Crippen molar-refractivity contribution in [1.29, 1.82) is 0 Å². The van der Waals surface area contributed by atoms with Gasteiger partial charge in [-0.15, -0.1) is 16.8 Å². The fraction of sp³-hybridized carbons (Fsp3) is 0.700. The molecule has 144 valence electrons. The van der Waals surface area contributed by atoms with Crippen LogP contribution in [0.15, 0.2) is 18.9 Å². The number of aromatic nitrogens is 6. The van der Waals surface area contributed by atoms with E-state index >= 15 is 0 Å². The number of allylic oxidation sites excluding steroid dienone is 1. The van der Waals surface area contributed by atoms with Crippen LogP contribution in [0.1, 0.15) is 55.6 Å². The Balaban J connectivity index is 1.39. The summed E-state index contributed by atoms with van der Waals surface area (Å²) >= 11 is 0. The Hall–Kier alpha value is -2.02. The summed E-state index contributed by atoms with van der Waals surface area (Å²) in [6.07, 6.45) is 11.5. The van der Waals surface area contributed by atoms with Gasteiger partial charge >= 0.3 is 0 Å². The first kappa shape index (κ1) is 17.1. The first-order valence-corrected chi connectivity index (χ1v) is 10.2. The Morgan fingerprint density at radius 1 is 1.22 bits per heavy atom. The van der Waals surface area contributed by atoms with Crippen molar-refractivity contribution >= 4 is 0 Å². The maximum atomic E-state index is 4.63. The van der Waals surface area contributed by atoms with E-state index in [1.165, 1.54) is 37.7 Å². The molecular formula is C20H29N7. The van der Waals surface area contributed by atoms with E-state index in [2.05, 4.69) is 45.5 Å². The Bertz CT molecular complexity index is 850. The van der Waals surface area contributed by atoms with Gasteiger partial charge in [0.05, 0.1) is 17.8 Å². The topological polar surface area (TPSA) is 73.5 Å². The molecule has 4 aliphatic rings. The van der Waals surface area contributed by atoms with Gasteiger partial charge in [-0.1, -0.05) is 6.08 Å². The molecule has 2 unspecified atom stereocenters. The average Bonchev–Trinajstić information content (AvgIpc) is 3.18. The van der Waals surface area contributed by atoms with E-state index in [0.717, 1.165) is 42.9 Å². The third-order valence-corrected chi connectivity index (χ3v) is 6.99. The van der Waals surface area contributed by atoms with Crippen molar-refractivity contribution in [2.45, 2.75) is 76.5 Å². The van der Waals surface area contributed by atoms with Crippen LogP contribution in [-0.4, -0.2) is 35.5 Å². The normalized spacial score (nSPS) is 34.3. The molecule has 6 rings (SSSR count). The molecule has 2 aromatic heterocycles. The molecule has 4 saturated carbocycles. The van der Waals surface area contributed by atoms with Gasteiger partial charge in [0.1, 0.15) is 0 Å². The fourth-order valence-electron chi connectivity index (χ4n) is 6.38. The summed E-state index contributed by atoms with van der Waals surface area (Å²) in [6, 6.07) is 0. The predicted octanol–water partition coefficient (Wildman–Crippen LogP) is 2.51. The molecule has 4 aliphatic carbocycles. The van der Waals surface area contributed by atoms with E-state index in [4.69, 9.17) is 0 Å². The molecule has 27 heavy (non-hydrogen) atoms. The number of aryl methyl sites for hydroxylation is 2. The van der Waals surface area contributed by atoms with Crippen molar-refractivity contribution in [1.82, 2.24) is 35.3 Å². The van der Waals surface area contributed by atoms with Gasteiger partial charge in [0.25, 0.3) is 0 Å². The SMILES string of the molecule is C=CCn1cc(CNC23CC4CC(C2)CC(n2nnc(C)n2)(C4)C3)c(C)n1. The molecule has 0 radical (unpaired) electrons. The molecule has 1 N–H and O–H groups in total. The molecule has 2 atom stereocenters. The molecule has 7 nitrogen and oxygen atoms in total. The molecule has 0 aliphatic heterocycles. The second kappa shape index (κ2) is 5.99. The van der Waals surface area contributed by atoms with Crippen LogP contribution >= 0.6 is 0 Å². The minimum Gasteiger partial charge on any atom is -0.307 e. The number of hydrogen-bond acceptors (Lipinski definition) is 5. The summed E-state index contributed by atoms with van der Waals surface area (Å²) in [5.41, 5.74) is 2.65. The van der Waals surface area contributed by atoms with Crippen molar-refractivity contribution in [3.8, 4) is 0 Å². The van der Waals surface area contributed by atoms with Crippen LogP contribution in [0.5, 0.6) is 0 Å². The van der Waals surface area contributed by atoms with Crippen molar-refractivity contribution in [3.63, 3.8) is 0 Å². The highest BCUT2D eigenvalue weighted by molar-refractivity contribution is 5.18. The zero-order valence-corrected chi connectivity index (χ0v) is 16.4. The molecule has 0 amide bonds. The molecular weight excluding hydrogens is 338 g/mol. The fourth-order valence-corrected chi connectivity index (χ4v) is 6.38. The predicted molar refractivity (Wildman–Crippen MR) is 102 cm³/mol. The van der Waals surface area contributed by atoms with Crippen LogP contribution in [0, 0.1) is 25.7 Å². The van der Waals surface area contributed by atoms with Gasteiger partial charge in [0.2, 0.25) is 0 Å². The Kier molecular flexibility index (Phi) is 3.79. The summed E-state index contributed by atoms with van der Waals surface area (Å²) in [5, 5.41) is 21.8. The largest absolute Gasteiger partial charge is 0.307 e. The van der Waals surface area contributed by atoms with Crippen LogP contribution in [0.25, 0.3) is 0 Å². The average molecular weight is 368 g/mol. The maximum Gasteiger partial charge on any atom is 0.171 e. The van der Waals surface area contributed by atoms with Crippen LogP contribution in [-0.2, 0) is 18.6 Å². The summed E-state index contributed by atoms with van der Waals surface area (Å²) in [5.74, 6) is 2.32. The number of hydrogen-bond donors (Lipinski definition) is 1. The van der Waals surface area contributed by atoms with Gasteiger partial charge in [-0.05, 0) is 69.4 Å². The van der Waals surface area contributed by atoms with Gasteiger partial charge in [0.15, 0.2) is 5.82 Å². The van der Waals surface area contributed by atoms with Crippen LogP contribution in [0.3, 0.4) is 0 Å². The minimum atomic E-state index is 0.0560. The lowest BCUT2D eigenvalue weighted by molar-refractivity contribution is -0.0854. The highest BCUT2D eigenvalue weighted by atomic mass is 15.6. The maximum absolute atomic E-state index is 4.63. The number of nitrogens with zero attached hydrogens (tertiary/aromatic N) is 6. The van der Waals surface area contributed by atoms with Crippen molar-refractivity contribution < 1.29 is 0 Å². The van der Waals surface area contributed by atoms with Crippen molar-refractivity contribution in [3.05, 3.63) is 35.9 Å². The Morgan fingerprint density at radius 2 is 2.00 bits per heavy atom. The summed E-state index contributed by atoms with van der Waals surface area (Å²) in [4.78, 5) is 1.96. The molecule has 7 heteroatoms. The molecule has 0 aromatic carbocycles. The smallest absolute Gasteiger partial charge is 0.171 e. The third kappa shape index (κ3) is 2.83. The standard InChI is InChI=1S/C20H29N7/c1-4-5-26-12-18(14(2)23-26)11-21-19-7-16-6-17(8-19)10-20(9-16,13-19)27-24-15(3)22-25-27/h4,12,16-17,21H,1,5-11,13H2,2-3H3. The van der Waals surface area contributed by atoms with Crippen LogP contribution < -0.4 is 5.32 Å². The highest BCUT2D eigenvalue weighted by Gasteiger charge is 2.59. The minimum absolute atomic E-state index is 0.0560. The van der Waals surface area contributed by atoms with E-state index in [9.17, 15) is 0 Å².